The molecule has 0 spiro atoms. The van der Waals surface area contributed by atoms with Gasteiger partial charge in [-0.15, -0.1) is 0 Å². The van der Waals surface area contributed by atoms with Gasteiger partial charge in [-0.25, -0.2) is 0 Å². The Hall–Kier alpha value is -4.10. The first-order valence-corrected chi connectivity index (χ1v) is 13.5. The molecule has 0 saturated carbocycles. The van der Waals surface area contributed by atoms with Crippen molar-refractivity contribution in [3.63, 3.8) is 0 Å². The Kier molecular flexibility index (Phi) is 7.75. The van der Waals surface area contributed by atoms with Gasteiger partial charge >= 0.3 is 0 Å². The Morgan fingerprint density at radius 2 is 1.58 bits per heavy atom. The summed E-state index contributed by atoms with van der Waals surface area (Å²) in [5.41, 5.74) is 4.17. The minimum absolute atomic E-state index is 0.120. The van der Waals surface area contributed by atoms with Gasteiger partial charge in [-0.2, -0.15) is 4.99 Å². The average Bonchev–Trinajstić information content (AvgIpc) is 3.38. The first kappa shape index (κ1) is 25.5. The van der Waals surface area contributed by atoms with Crippen molar-refractivity contribution in [2.75, 3.05) is 13.2 Å². The molecular weight excluding hydrogens is 494 g/mol. The number of amides is 1. The Labute approximate surface area is 227 Å². The number of thioether (sulfide) groups is 1. The summed E-state index contributed by atoms with van der Waals surface area (Å²) < 4.78 is 11.6. The van der Waals surface area contributed by atoms with Gasteiger partial charge in [0.1, 0.15) is 30.5 Å². The van der Waals surface area contributed by atoms with Crippen molar-refractivity contribution < 1.29 is 14.3 Å². The summed E-state index contributed by atoms with van der Waals surface area (Å²) in [6.07, 6.45) is 2.81. The molecule has 0 aromatic heterocycles. The van der Waals surface area contributed by atoms with Crippen molar-refractivity contribution in [2.45, 2.75) is 26.2 Å². The Balaban J connectivity index is 1.19. The maximum Gasteiger partial charge on any atom is 0.283 e. The third-order valence-corrected chi connectivity index (χ3v) is 7.38. The van der Waals surface area contributed by atoms with E-state index in [1.165, 1.54) is 17.3 Å². The van der Waals surface area contributed by atoms with E-state index in [0.29, 0.717) is 30.0 Å². The quantitative estimate of drug-likeness (QED) is 0.242. The lowest BCUT2D eigenvalue weighted by molar-refractivity contribution is -0.114. The van der Waals surface area contributed by atoms with Crippen molar-refractivity contribution in [3.05, 3.63) is 107 Å². The topological polar surface area (TPSA) is 75.0 Å². The summed E-state index contributed by atoms with van der Waals surface area (Å²) in [6, 6.07) is 25.5. The Bertz CT molecular complexity index is 1410. The molecule has 1 N–H and O–H groups in total. The van der Waals surface area contributed by atoms with Gasteiger partial charge in [0.05, 0.1) is 11.3 Å². The number of amidine groups is 2. The van der Waals surface area contributed by atoms with E-state index in [9.17, 15) is 4.79 Å². The van der Waals surface area contributed by atoms with Crippen LogP contribution in [0.2, 0.25) is 0 Å². The number of hydrogen-bond donors (Lipinski definition) is 1. The molecule has 2 aliphatic heterocycles. The van der Waals surface area contributed by atoms with E-state index in [1.807, 2.05) is 72.1 Å². The van der Waals surface area contributed by atoms with Crippen molar-refractivity contribution in [1.29, 1.82) is 5.41 Å². The number of aliphatic imine (C=N–C) groups is 1. The van der Waals surface area contributed by atoms with Gasteiger partial charge < -0.3 is 9.47 Å². The second-order valence-electron chi connectivity index (χ2n) is 9.07. The molecule has 0 fully saturated rings. The maximum absolute atomic E-state index is 12.7. The number of ether oxygens (including phenoxy) is 2. The van der Waals surface area contributed by atoms with Crippen LogP contribution >= 0.6 is 11.8 Å². The predicted molar refractivity (Wildman–Crippen MR) is 155 cm³/mol. The van der Waals surface area contributed by atoms with Crippen molar-refractivity contribution in [3.8, 4) is 11.5 Å². The Morgan fingerprint density at radius 3 is 2.21 bits per heavy atom. The fraction of sp³-hybridized carbons (Fsp3) is 0.194. The van der Waals surface area contributed by atoms with E-state index in [0.717, 1.165) is 29.0 Å². The SMILES string of the molecule is CC[C@H](C)c1ccc(OCCOc2ccc(/C=C3/C(=N)N4C(c5ccccc5)=CSC4=NC3=O)cc2)cc1. The Morgan fingerprint density at radius 1 is 0.947 bits per heavy atom. The second-order valence-corrected chi connectivity index (χ2v) is 9.91. The summed E-state index contributed by atoms with van der Waals surface area (Å²) in [7, 11) is 0. The number of nitrogens with one attached hydrogen (secondary N) is 1. The summed E-state index contributed by atoms with van der Waals surface area (Å²) in [5, 5.41) is 11.2. The standard InChI is InChI=1S/C31H29N3O3S/c1-3-21(2)23-11-15-26(16-12-23)37-18-17-36-25-13-9-22(10-14-25)19-27-29(32)34-28(24-7-5-4-6-8-24)20-38-31(34)33-30(27)35/h4-16,19-21,32H,3,17-18H2,1-2H3/b27-19-,32-29?/t21-/m0/s1. The van der Waals surface area contributed by atoms with Gasteiger partial charge in [-0.05, 0) is 59.4 Å². The smallest absolute Gasteiger partial charge is 0.283 e. The van der Waals surface area contributed by atoms with Crippen molar-refractivity contribution in [2.24, 2.45) is 4.99 Å². The largest absolute Gasteiger partial charge is 0.490 e. The molecule has 1 amide bonds. The van der Waals surface area contributed by atoms with E-state index >= 15 is 0 Å². The summed E-state index contributed by atoms with van der Waals surface area (Å²) in [5.74, 6) is 1.79. The maximum atomic E-state index is 12.7. The molecule has 38 heavy (non-hydrogen) atoms. The van der Waals surface area contributed by atoms with E-state index < -0.39 is 5.91 Å². The van der Waals surface area contributed by atoms with Crippen molar-refractivity contribution >= 4 is 40.4 Å². The van der Waals surface area contributed by atoms with Gasteiger partial charge in [-0.3, -0.25) is 15.1 Å². The molecule has 3 aromatic carbocycles. The highest BCUT2D eigenvalue weighted by molar-refractivity contribution is 8.17. The number of hydrogen-bond acceptors (Lipinski definition) is 5. The third kappa shape index (κ3) is 5.58. The fourth-order valence-electron chi connectivity index (χ4n) is 4.19. The van der Waals surface area contributed by atoms with Gasteiger partial charge in [-0.1, -0.05) is 80.2 Å². The zero-order chi connectivity index (χ0) is 26.5. The van der Waals surface area contributed by atoms with Crippen molar-refractivity contribution in [1.82, 2.24) is 4.90 Å². The zero-order valence-corrected chi connectivity index (χ0v) is 22.2. The number of fused-ring (bicyclic) bond motifs is 1. The number of carbonyl (C=O) groups is 1. The fourth-order valence-corrected chi connectivity index (χ4v) is 5.08. The molecule has 6 nitrogen and oxygen atoms in total. The molecule has 1 atom stereocenters. The van der Waals surface area contributed by atoms with E-state index in [4.69, 9.17) is 14.9 Å². The monoisotopic (exact) mass is 523 g/mol. The molecule has 3 aromatic rings. The lowest BCUT2D eigenvalue weighted by Crippen LogP contribution is -2.38. The minimum Gasteiger partial charge on any atom is -0.490 e. The van der Waals surface area contributed by atoms with Crippen LogP contribution in [-0.4, -0.2) is 35.0 Å². The summed E-state index contributed by atoms with van der Waals surface area (Å²) in [4.78, 5) is 18.7. The number of carbonyl (C=O) groups excluding carboxylic acids is 1. The molecular formula is C31H29N3O3S. The molecule has 0 aliphatic carbocycles. The zero-order valence-electron chi connectivity index (χ0n) is 21.4. The van der Waals surface area contributed by atoms with Crippen LogP contribution < -0.4 is 9.47 Å². The number of rotatable bonds is 9. The lowest BCUT2D eigenvalue weighted by atomic mass is 9.99. The molecule has 0 unspecified atom stereocenters. The van der Waals surface area contributed by atoms with E-state index in [-0.39, 0.29) is 11.4 Å². The van der Waals surface area contributed by atoms with Crippen LogP contribution in [0.25, 0.3) is 11.8 Å². The number of nitrogens with zero attached hydrogens (tertiary/aromatic N) is 2. The van der Waals surface area contributed by atoms with Crippen LogP contribution in [0.5, 0.6) is 11.5 Å². The summed E-state index contributed by atoms with van der Waals surface area (Å²) >= 11 is 1.36. The van der Waals surface area contributed by atoms with Gasteiger partial charge in [0.25, 0.3) is 5.91 Å². The minimum atomic E-state index is -0.411. The predicted octanol–water partition coefficient (Wildman–Crippen LogP) is 6.96. The first-order chi connectivity index (χ1) is 18.5. The first-order valence-electron chi connectivity index (χ1n) is 12.6. The third-order valence-electron chi connectivity index (χ3n) is 6.56. The molecule has 2 aliphatic rings. The molecule has 5 rings (SSSR count). The molecule has 0 bridgehead atoms. The van der Waals surface area contributed by atoms with Crippen LogP contribution in [-0.2, 0) is 4.79 Å². The summed E-state index contributed by atoms with van der Waals surface area (Å²) in [6.45, 7) is 5.26. The molecule has 7 heteroatoms. The second kappa shape index (κ2) is 11.5. The van der Waals surface area contributed by atoms with Crippen LogP contribution in [0.4, 0.5) is 0 Å². The average molecular weight is 524 g/mol. The van der Waals surface area contributed by atoms with Gasteiger partial charge in [0.2, 0.25) is 0 Å². The van der Waals surface area contributed by atoms with E-state index in [1.54, 1.807) is 11.0 Å². The highest BCUT2D eigenvalue weighted by atomic mass is 32.2. The number of benzene rings is 3. The lowest BCUT2D eigenvalue weighted by Gasteiger charge is -2.26. The van der Waals surface area contributed by atoms with Crippen LogP contribution in [0.3, 0.4) is 0 Å². The van der Waals surface area contributed by atoms with Gasteiger partial charge in [0, 0.05) is 5.41 Å². The molecule has 0 saturated heterocycles. The van der Waals surface area contributed by atoms with Gasteiger partial charge in [0.15, 0.2) is 5.17 Å². The van der Waals surface area contributed by atoms with Crippen LogP contribution in [0, 0.1) is 5.41 Å². The molecule has 0 radical (unpaired) electrons. The molecule has 2 heterocycles. The van der Waals surface area contributed by atoms with E-state index in [2.05, 4.69) is 31.0 Å². The highest BCUT2D eigenvalue weighted by Gasteiger charge is 2.36. The molecule has 192 valence electrons. The normalized spacial score (nSPS) is 16.7. The van der Waals surface area contributed by atoms with Crippen LogP contribution in [0.15, 0.2) is 94.8 Å². The van der Waals surface area contributed by atoms with Crippen LogP contribution in [0.1, 0.15) is 42.9 Å². The highest BCUT2D eigenvalue weighted by Crippen LogP contribution is 2.37.